The molecular formula is C17H22N2O3. The lowest BCUT2D eigenvalue weighted by molar-refractivity contribution is -0.119. The molecule has 2 amide bonds. The number of likely N-dealkylation sites (tertiary alicyclic amines) is 1. The molecule has 2 aliphatic rings. The second-order valence-corrected chi connectivity index (χ2v) is 6.10. The Labute approximate surface area is 130 Å². The van der Waals surface area contributed by atoms with E-state index < -0.39 is 6.10 Å². The summed E-state index contributed by atoms with van der Waals surface area (Å²) in [7, 11) is 0. The van der Waals surface area contributed by atoms with Gasteiger partial charge >= 0.3 is 0 Å². The maximum absolute atomic E-state index is 12.4. The van der Waals surface area contributed by atoms with Crippen LogP contribution in [0, 0.1) is 0 Å². The number of carbonyl (C=O) groups is 2. The van der Waals surface area contributed by atoms with Crippen molar-refractivity contribution in [2.45, 2.75) is 38.2 Å². The summed E-state index contributed by atoms with van der Waals surface area (Å²) in [6.07, 6.45) is 3.78. The fourth-order valence-electron chi connectivity index (χ4n) is 3.18. The third kappa shape index (κ3) is 3.14. The highest BCUT2D eigenvalue weighted by Crippen LogP contribution is 2.22. The van der Waals surface area contributed by atoms with E-state index in [1.165, 1.54) is 0 Å². The van der Waals surface area contributed by atoms with Crippen LogP contribution in [0.15, 0.2) is 24.3 Å². The van der Waals surface area contributed by atoms with E-state index in [2.05, 4.69) is 0 Å². The van der Waals surface area contributed by atoms with Crippen molar-refractivity contribution in [1.82, 2.24) is 4.90 Å². The Kier molecular flexibility index (Phi) is 4.43. The van der Waals surface area contributed by atoms with Crippen molar-refractivity contribution in [2.24, 2.45) is 0 Å². The van der Waals surface area contributed by atoms with E-state index in [-0.39, 0.29) is 11.8 Å². The molecule has 1 unspecified atom stereocenters. The molecule has 22 heavy (non-hydrogen) atoms. The second kappa shape index (κ2) is 6.48. The first-order valence-electron chi connectivity index (χ1n) is 8.03. The Morgan fingerprint density at radius 3 is 2.55 bits per heavy atom. The Morgan fingerprint density at radius 1 is 1.09 bits per heavy atom. The van der Waals surface area contributed by atoms with Crippen LogP contribution in [-0.2, 0) is 4.79 Å². The average molecular weight is 302 g/mol. The molecule has 0 bridgehead atoms. The molecule has 3 rings (SSSR count). The first kappa shape index (κ1) is 15.0. The molecule has 5 nitrogen and oxygen atoms in total. The number of hydrogen-bond donors (Lipinski definition) is 1. The standard InChI is InChI=1S/C17H22N2O3/c20-15-4-3-10-18(12-15)17(22)13-6-8-14(9-7-13)19-11-2-1-5-16(19)21/h6-9,15,20H,1-5,10-12H2. The summed E-state index contributed by atoms with van der Waals surface area (Å²) in [5.74, 6) is 0.111. The van der Waals surface area contributed by atoms with E-state index in [1.54, 1.807) is 21.9 Å². The van der Waals surface area contributed by atoms with Crippen LogP contribution in [0.25, 0.3) is 0 Å². The zero-order chi connectivity index (χ0) is 15.5. The normalized spacial score (nSPS) is 22.8. The number of amides is 2. The Bertz CT molecular complexity index is 556. The maximum atomic E-state index is 12.4. The minimum Gasteiger partial charge on any atom is -0.391 e. The molecule has 0 radical (unpaired) electrons. The predicted molar refractivity (Wildman–Crippen MR) is 83.8 cm³/mol. The highest BCUT2D eigenvalue weighted by Gasteiger charge is 2.24. The molecule has 2 saturated heterocycles. The van der Waals surface area contributed by atoms with Crippen molar-refractivity contribution in [2.75, 3.05) is 24.5 Å². The molecule has 1 atom stereocenters. The topological polar surface area (TPSA) is 60.9 Å². The van der Waals surface area contributed by atoms with Crippen LogP contribution < -0.4 is 4.90 Å². The van der Waals surface area contributed by atoms with E-state index >= 15 is 0 Å². The molecule has 2 aliphatic heterocycles. The van der Waals surface area contributed by atoms with Gasteiger partial charge in [-0.3, -0.25) is 9.59 Å². The zero-order valence-corrected chi connectivity index (χ0v) is 12.7. The average Bonchev–Trinajstić information content (AvgIpc) is 2.55. The van der Waals surface area contributed by atoms with E-state index in [9.17, 15) is 14.7 Å². The van der Waals surface area contributed by atoms with Crippen LogP contribution in [0.3, 0.4) is 0 Å². The van der Waals surface area contributed by atoms with Crippen molar-refractivity contribution in [3.8, 4) is 0 Å². The summed E-state index contributed by atoms with van der Waals surface area (Å²) in [5, 5.41) is 9.68. The van der Waals surface area contributed by atoms with Crippen molar-refractivity contribution in [3.63, 3.8) is 0 Å². The first-order chi connectivity index (χ1) is 10.6. The minimum atomic E-state index is -0.414. The number of benzene rings is 1. The lowest BCUT2D eigenvalue weighted by atomic mass is 10.1. The van der Waals surface area contributed by atoms with E-state index in [4.69, 9.17) is 0 Å². The van der Waals surface area contributed by atoms with Crippen LogP contribution in [0.2, 0.25) is 0 Å². The highest BCUT2D eigenvalue weighted by molar-refractivity contribution is 5.97. The van der Waals surface area contributed by atoms with Gasteiger partial charge in [0.15, 0.2) is 0 Å². The smallest absolute Gasteiger partial charge is 0.253 e. The van der Waals surface area contributed by atoms with Gasteiger partial charge < -0.3 is 14.9 Å². The molecule has 1 aromatic carbocycles. The number of β-amino-alcohol motifs (C(OH)–C–C–N with tert-alkyl or cyclic N) is 1. The van der Waals surface area contributed by atoms with E-state index in [0.717, 1.165) is 37.9 Å². The van der Waals surface area contributed by atoms with Crippen LogP contribution in [0.1, 0.15) is 42.5 Å². The van der Waals surface area contributed by atoms with Gasteiger partial charge in [-0.1, -0.05) is 0 Å². The van der Waals surface area contributed by atoms with Gasteiger partial charge in [0.25, 0.3) is 5.91 Å². The zero-order valence-electron chi connectivity index (χ0n) is 12.7. The van der Waals surface area contributed by atoms with Crippen molar-refractivity contribution < 1.29 is 14.7 Å². The van der Waals surface area contributed by atoms with Crippen LogP contribution >= 0.6 is 0 Å². The van der Waals surface area contributed by atoms with Gasteiger partial charge in [-0.15, -0.1) is 0 Å². The van der Waals surface area contributed by atoms with Gasteiger partial charge in [0.2, 0.25) is 5.91 Å². The third-order valence-electron chi connectivity index (χ3n) is 4.43. The van der Waals surface area contributed by atoms with Crippen LogP contribution in [0.5, 0.6) is 0 Å². The molecular weight excluding hydrogens is 280 g/mol. The molecule has 1 aromatic rings. The Balaban J connectivity index is 1.70. The van der Waals surface area contributed by atoms with Gasteiger partial charge in [-0.2, -0.15) is 0 Å². The molecule has 0 spiro atoms. The number of rotatable bonds is 2. The number of carbonyl (C=O) groups excluding carboxylic acids is 2. The number of anilines is 1. The van der Waals surface area contributed by atoms with Gasteiger partial charge in [-0.05, 0) is 49.9 Å². The molecule has 0 aliphatic carbocycles. The van der Waals surface area contributed by atoms with E-state index in [1.807, 2.05) is 12.1 Å². The van der Waals surface area contributed by atoms with Crippen molar-refractivity contribution in [1.29, 1.82) is 0 Å². The fourth-order valence-corrected chi connectivity index (χ4v) is 3.18. The number of aliphatic hydroxyl groups excluding tert-OH is 1. The van der Waals surface area contributed by atoms with Gasteiger partial charge in [-0.25, -0.2) is 0 Å². The number of nitrogens with zero attached hydrogens (tertiary/aromatic N) is 2. The number of piperidine rings is 2. The molecule has 5 heteroatoms. The quantitative estimate of drug-likeness (QED) is 0.906. The summed E-state index contributed by atoms with van der Waals surface area (Å²) in [6, 6.07) is 7.24. The van der Waals surface area contributed by atoms with Gasteiger partial charge in [0.05, 0.1) is 6.10 Å². The van der Waals surface area contributed by atoms with Crippen molar-refractivity contribution in [3.05, 3.63) is 29.8 Å². The summed E-state index contributed by atoms with van der Waals surface area (Å²) >= 11 is 0. The SMILES string of the molecule is O=C(c1ccc(N2CCCCC2=O)cc1)N1CCCC(O)C1. The minimum absolute atomic E-state index is 0.0460. The molecule has 0 saturated carbocycles. The maximum Gasteiger partial charge on any atom is 0.253 e. The molecule has 2 heterocycles. The molecule has 0 aromatic heterocycles. The summed E-state index contributed by atoms with van der Waals surface area (Å²) in [4.78, 5) is 27.8. The lowest BCUT2D eigenvalue weighted by Crippen LogP contribution is -2.42. The van der Waals surface area contributed by atoms with Crippen molar-refractivity contribution >= 4 is 17.5 Å². The fraction of sp³-hybridized carbons (Fsp3) is 0.529. The third-order valence-corrected chi connectivity index (χ3v) is 4.43. The largest absolute Gasteiger partial charge is 0.391 e. The molecule has 2 fully saturated rings. The Hall–Kier alpha value is -1.88. The Morgan fingerprint density at radius 2 is 1.86 bits per heavy atom. The summed E-state index contributed by atoms with van der Waals surface area (Å²) in [6.45, 7) is 1.86. The predicted octanol–water partition coefficient (Wildman–Crippen LogP) is 1.80. The highest BCUT2D eigenvalue weighted by atomic mass is 16.3. The van der Waals surface area contributed by atoms with Gasteiger partial charge in [0.1, 0.15) is 0 Å². The molecule has 118 valence electrons. The summed E-state index contributed by atoms with van der Waals surface area (Å²) in [5.41, 5.74) is 1.47. The monoisotopic (exact) mass is 302 g/mol. The molecule has 1 N–H and O–H groups in total. The second-order valence-electron chi connectivity index (χ2n) is 6.10. The number of hydrogen-bond acceptors (Lipinski definition) is 3. The van der Waals surface area contributed by atoms with Crippen LogP contribution in [0.4, 0.5) is 5.69 Å². The van der Waals surface area contributed by atoms with Crippen LogP contribution in [-0.4, -0.2) is 47.6 Å². The summed E-state index contributed by atoms with van der Waals surface area (Å²) < 4.78 is 0. The van der Waals surface area contributed by atoms with E-state index in [0.29, 0.717) is 25.1 Å². The lowest BCUT2D eigenvalue weighted by Gasteiger charge is -2.30. The number of aliphatic hydroxyl groups is 1. The van der Waals surface area contributed by atoms with Gasteiger partial charge in [0, 0.05) is 37.3 Å². The first-order valence-corrected chi connectivity index (χ1v) is 8.03.